The number of carbonyl (C=O) groups is 1. The Labute approximate surface area is 153 Å². The zero-order valence-corrected chi connectivity index (χ0v) is 16.0. The number of methoxy groups -OCH3 is 1. The van der Waals surface area contributed by atoms with Crippen LogP contribution in [0.1, 0.15) is 24.2 Å². The van der Waals surface area contributed by atoms with Crippen molar-refractivity contribution in [2.45, 2.75) is 24.8 Å². The van der Waals surface area contributed by atoms with Crippen LogP contribution in [0, 0.1) is 0 Å². The lowest BCUT2D eigenvalue weighted by Crippen LogP contribution is -2.18. The van der Waals surface area contributed by atoms with Gasteiger partial charge in [-0.2, -0.15) is 0 Å². The lowest BCUT2D eigenvalue weighted by Gasteiger charge is -2.16. The second-order valence-corrected chi connectivity index (χ2v) is 7.99. The second kappa shape index (κ2) is 8.33. The van der Waals surface area contributed by atoms with Crippen molar-refractivity contribution in [3.63, 3.8) is 0 Å². The largest absolute Gasteiger partial charge is 0.488 e. The Hall–Kier alpha value is -2.38. The van der Waals surface area contributed by atoms with Gasteiger partial charge in [0.25, 0.3) is 0 Å². The first-order chi connectivity index (χ1) is 12.2. The number of hydrogen-bond donors (Lipinski definition) is 0. The van der Waals surface area contributed by atoms with E-state index in [0.717, 1.165) is 6.26 Å². The molecule has 0 bridgehead atoms. The molecule has 0 saturated carbocycles. The zero-order valence-electron chi connectivity index (χ0n) is 15.2. The summed E-state index contributed by atoms with van der Waals surface area (Å²) in [5.74, 6) is 1.25. The number of Topliss-reactive ketones (excluding diaryl/α,β-unsaturated/α-hetero) is 1. The first kappa shape index (κ1) is 19.9. The molecule has 0 N–H and O–H groups in total. The molecule has 0 spiro atoms. The number of carbonyl (C=O) groups excluding carboxylic acids is 1. The number of sulfone groups is 1. The minimum atomic E-state index is -3.27. The average Bonchev–Trinajstić information content (AvgIpc) is 2.54. The number of ether oxygens (including phenoxy) is 3. The van der Waals surface area contributed by atoms with E-state index >= 15 is 0 Å². The minimum absolute atomic E-state index is 0.118. The molecule has 0 amide bonds. The molecule has 0 aliphatic heterocycles. The van der Waals surface area contributed by atoms with Crippen molar-refractivity contribution < 1.29 is 27.4 Å². The first-order valence-electron chi connectivity index (χ1n) is 7.98. The molecule has 0 unspecified atom stereocenters. The normalized spacial score (nSPS) is 12.5. The summed E-state index contributed by atoms with van der Waals surface area (Å²) < 4.78 is 39.6. The van der Waals surface area contributed by atoms with Gasteiger partial charge in [0, 0.05) is 25.0 Å². The Kier molecular flexibility index (Phi) is 6.39. The summed E-state index contributed by atoms with van der Waals surface area (Å²) >= 11 is 0. The van der Waals surface area contributed by atoms with Gasteiger partial charge in [-0.15, -0.1) is 0 Å². The van der Waals surface area contributed by atoms with Crippen LogP contribution in [-0.2, 0) is 14.6 Å². The Balaban J connectivity index is 2.27. The summed E-state index contributed by atoms with van der Waals surface area (Å²) in [7, 11) is -1.68. The highest BCUT2D eigenvalue weighted by molar-refractivity contribution is 7.90. The van der Waals surface area contributed by atoms with Crippen LogP contribution in [0.15, 0.2) is 47.4 Å². The smallest absolute Gasteiger partial charge is 0.175 e. The molecule has 7 heteroatoms. The molecule has 0 aromatic heterocycles. The van der Waals surface area contributed by atoms with Crippen LogP contribution in [-0.4, -0.2) is 40.3 Å². The summed E-state index contributed by atoms with van der Waals surface area (Å²) in [4.78, 5) is 12.0. The van der Waals surface area contributed by atoms with Gasteiger partial charge in [0.05, 0.1) is 11.5 Å². The SMILES string of the molecule is COC[C@H](C)Oc1cc(Oc2ccc(S(C)(=O)=O)cc2)cc(C(C)=O)c1. The van der Waals surface area contributed by atoms with Gasteiger partial charge in [0.15, 0.2) is 15.6 Å². The molecule has 0 radical (unpaired) electrons. The van der Waals surface area contributed by atoms with E-state index in [0.29, 0.717) is 29.4 Å². The van der Waals surface area contributed by atoms with Gasteiger partial charge in [-0.05, 0) is 50.2 Å². The van der Waals surface area contributed by atoms with E-state index in [1.54, 1.807) is 37.4 Å². The average molecular weight is 378 g/mol. The Bertz CT molecular complexity index is 871. The molecule has 0 fully saturated rings. The molecular formula is C19H22O6S. The number of benzene rings is 2. The van der Waals surface area contributed by atoms with Crippen LogP contribution < -0.4 is 9.47 Å². The fraction of sp³-hybridized carbons (Fsp3) is 0.316. The lowest BCUT2D eigenvalue weighted by atomic mass is 10.1. The molecule has 2 aromatic rings. The van der Waals surface area contributed by atoms with E-state index in [4.69, 9.17) is 14.2 Å². The summed E-state index contributed by atoms with van der Waals surface area (Å²) in [6.45, 7) is 3.73. The van der Waals surface area contributed by atoms with Crippen molar-refractivity contribution in [1.29, 1.82) is 0 Å². The van der Waals surface area contributed by atoms with Crippen molar-refractivity contribution in [3.8, 4) is 17.2 Å². The van der Waals surface area contributed by atoms with E-state index in [1.165, 1.54) is 19.1 Å². The van der Waals surface area contributed by atoms with Gasteiger partial charge < -0.3 is 14.2 Å². The molecule has 0 aliphatic rings. The van der Waals surface area contributed by atoms with Gasteiger partial charge in [0.2, 0.25) is 0 Å². The maximum absolute atomic E-state index is 11.8. The predicted molar refractivity (Wildman–Crippen MR) is 98.0 cm³/mol. The van der Waals surface area contributed by atoms with Crippen LogP contribution in [0.25, 0.3) is 0 Å². The maximum atomic E-state index is 11.8. The highest BCUT2D eigenvalue weighted by Crippen LogP contribution is 2.29. The molecule has 2 rings (SSSR count). The third kappa shape index (κ3) is 5.57. The molecule has 0 saturated heterocycles. The summed E-state index contributed by atoms with van der Waals surface area (Å²) in [5, 5.41) is 0. The third-order valence-corrected chi connectivity index (χ3v) is 4.64. The Morgan fingerprint density at radius 1 is 1.04 bits per heavy atom. The molecule has 0 aliphatic carbocycles. The summed E-state index contributed by atoms with van der Waals surface area (Å²) in [6.07, 6.45) is 0.952. The monoisotopic (exact) mass is 378 g/mol. The van der Waals surface area contributed by atoms with E-state index < -0.39 is 9.84 Å². The maximum Gasteiger partial charge on any atom is 0.175 e. The zero-order chi connectivity index (χ0) is 19.3. The summed E-state index contributed by atoms with van der Waals surface area (Å²) in [5.41, 5.74) is 0.454. The number of ketones is 1. The van der Waals surface area contributed by atoms with Gasteiger partial charge in [-0.1, -0.05) is 0 Å². The van der Waals surface area contributed by atoms with E-state index in [9.17, 15) is 13.2 Å². The first-order valence-corrected chi connectivity index (χ1v) is 9.88. The van der Waals surface area contributed by atoms with Crippen molar-refractivity contribution in [2.75, 3.05) is 20.0 Å². The van der Waals surface area contributed by atoms with Gasteiger partial charge in [-0.25, -0.2) is 8.42 Å². The number of hydrogen-bond acceptors (Lipinski definition) is 6. The quantitative estimate of drug-likeness (QED) is 0.654. The van der Waals surface area contributed by atoms with Crippen molar-refractivity contribution in [3.05, 3.63) is 48.0 Å². The summed E-state index contributed by atoms with van der Waals surface area (Å²) in [6, 6.07) is 11.0. The third-order valence-electron chi connectivity index (χ3n) is 3.51. The predicted octanol–water partition coefficient (Wildman–Crippen LogP) is 3.50. The fourth-order valence-electron chi connectivity index (χ4n) is 2.29. The topological polar surface area (TPSA) is 78.9 Å². The van der Waals surface area contributed by atoms with Crippen molar-refractivity contribution in [1.82, 2.24) is 0 Å². The Morgan fingerprint density at radius 3 is 2.19 bits per heavy atom. The van der Waals surface area contributed by atoms with Gasteiger partial charge >= 0.3 is 0 Å². The molecule has 0 heterocycles. The van der Waals surface area contributed by atoms with Crippen molar-refractivity contribution in [2.24, 2.45) is 0 Å². The van der Waals surface area contributed by atoms with E-state index in [-0.39, 0.29) is 16.8 Å². The van der Waals surface area contributed by atoms with Gasteiger partial charge in [0.1, 0.15) is 23.4 Å². The molecule has 2 aromatic carbocycles. The van der Waals surface area contributed by atoms with Crippen LogP contribution in [0.5, 0.6) is 17.2 Å². The van der Waals surface area contributed by atoms with Gasteiger partial charge in [-0.3, -0.25) is 4.79 Å². The number of rotatable bonds is 8. The van der Waals surface area contributed by atoms with E-state index in [2.05, 4.69) is 0 Å². The highest BCUT2D eigenvalue weighted by atomic mass is 32.2. The van der Waals surface area contributed by atoms with Crippen LogP contribution >= 0.6 is 0 Å². The fourth-order valence-corrected chi connectivity index (χ4v) is 2.92. The van der Waals surface area contributed by atoms with Crippen LogP contribution in [0.2, 0.25) is 0 Å². The van der Waals surface area contributed by atoms with Crippen LogP contribution in [0.3, 0.4) is 0 Å². The molecule has 1 atom stereocenters. The Morgan fingerprint density at radius 2 is 1.65 bits per heavy atom. The van der Waals surface area contributed by atoms with E-state index in [1.807, 2.05) is 6.92 Å². The lowest BCUT2D eigenvalue weighted by molar-refractivity contribution is 0.0915. The molecule has 140 valence electrons. The minimum Gasteiger partial charge on any atom is -0.488 e. The van der Waals surface area contributed by atoms with Crippen LogP contribution in [0.4, 0.5) is 0 Å². The second-order valence-electron chi connectivity index (χ2n) is 5.98. The molecule has 6 nitrogen and oxygen atoms in total. The standard InChI is InChI=1S/C19H22O6S/c1-13(12-23-3)24-17-9-15(14(2)20)10-18(11-17)25-16-5-7-19(8-6-16)26(4,21)22/h5-11,13H,12H2,1-4H3/t13-/m0/s1. The molecular weight excluding hydrogens is 356 g/mol. The van der Waals surface area contributed by atoms with Crippen molar-refractivity contribution >= 4 is 15.6 Å². The molecule has 26 heavy (non-hydrogen) atoms. The highest BCUT2D eigenvalue weighted by Gasteiger charge is 2.11.